The average Bonchev–Trinajstić information content (AvgIpc) is 2.40. The van der Waals surface area contributed by atoms with E-state index in [0.717, 1.165) is 0 Å². The van der Waals surface area contributed by atoms with Crippen LogP contribution >= 0.6 is 11.6 Å². The van der Waals surface area contributed by atoms with E-state index in [2.05, 4.69) is 10.6 Å². The van der Waals surface area contributed by atoms with Crippen molar-refractivity contribution in [3.63, 3.8) is 0 Å². The molecule has 0 spiro atoms. The zero-order valence-electron chi connectivity index (χ0n) is 11.2. The summed E-state index contributed by atoms with van der Waals surface area (Å²) < 4.78 is 4.81. The van der Waals surface area contributed by atoms with E-state index in [1.807, 2.05) is 0 Å². The molecule has 0 fully saturated rings. The molecule has 1 atom stereocenters. The van der Waals surface area contributed by atoms with Crippen LogP contribution in [0.5, 0.6) is 0 Å². The van der Waals surface area contributed by atoms with E-state index >= 15 is 0 Å². The Morgan fingerprint density at radius 3 is 2.85 bits per heavy atom. The van der Waals surface area contributed by atoms with Gasteiger partial charge in [0.1, 0.15) is 11.7 Å². The summed E-state index contributed by atoms with van der Waals surface area (Å²) in [5.74, 6) is -0.272. The Bertz CT molecular complexity index is 496. The molecule has 0 heterocycles. The normalized spacial score (nSPS) is 11.8. The molecule has 8 heteroatoms. The van der Waals surface area contributed by atoms with Gasteiger partial charge in [-0.3, -0.25) is 14.9 Å². The Balaban J connectivity index is 2.72. The Hall–Kier alpha value is -1.86. The van der Waals surface area contributed by atoms with Crippen LogP contribution in [0.2, 0.25) is 5.02 Å². The second kappa shape index (κ2) is 7.66. The predicted molar refractivity (Wildman–Crippen MR) is 76.1 cm³/mol. The predicted octanol–water partition coefficient (Wildman–Crippen LogP) is 1.81. The zero-order valence-corrected chi connectivity index (χ0v) is 11.9. The lowest BCUT2D eigenvalue weighted by Gasteiger charge is -2.15. The van der Waals surface area contributed by atoms with E-state index in [1.165, 1.54) is 25.3 Å². The first-order valence-electron chi connectivity index (χ1n) is 5.93. The topological polar surface area (TPSA) is 93.5 Å². The van der Waals surface area contributed by atoms with Crippen LogP contribution in [0.15, 0.2) is 18.2 Å². The van der Waals surface area contributed by atoms with Crippen LogP contribution in [0.25, 0.3) is 0 Å². The summed E-state index contributed by atoms with van der Waals surface area (Å²) in [6.07, 6.45) is 0. The van der Waals surface area contributed by atoms with Crippen LogP contribution < -0.4 is 10.6 Å². The fourth-order valence-corrected chi connectivity index (χ4v) is 1.67. The maximum Gasteiger partial charge on any atom is 0.293 e. The second-order valence-corrected chi connectivity index (χ2v) is 4.50. The van der Waals surface area contributed by atoms with Gasteiger partial charge < -0.3 is 15.4 Å². The lowest BCUT2D eigenvalue weighted by Crippen LogP contribution is -2.39. The van der Waals surface area contributed by atoms with Crippen molar-refractivity contribution >= 4 is 28.9 Å². The third-order valence-corrected chi connectivity index (χ3v) is 2.76. The van der Waals surface area contributed by atoms with Gasteiger partial charge in [0.05, 0.1) is 11.5 Å². The number of ether oxygens (including phenoxy) is 1. The first kappa shape index (κ1) is 16.2. The number of carbonyl (C=O) groups excluding carboxylic acids is 1. The van der Waals surface area contributed by atoms with Crippen molar-refractivity contribution in [2.45, 2.75) is 13.0 Å². The third kappa shape index (κ3) is 4.67. The number of nitro groups is 1. The molecule has 1 amide bonds. The molecule has 0 bridgehead atoms. The first-order valence-corrected chi connectivity index (χ1v) is 6.30. The minimum absolute atomic E-state index is 0.172. The number of carbonyl (C=O) groups is 1. The van der Waals surface area contributed by atoms with E-state index in [4.69, 9.17) is 16.3 Å². The summed E-state index contributed by atoms with van der Waals surface area (Å²) in [6.45, 7) is 2.39. The van der Waals surface area contributed by atoms with Gasteiger partial charge in [-0.25, -0.2) is 0 Å². The van der Waals surface area contributed by atoms with Crippen molar-refractivity contribution < 1.29 is 14.5 Å². The highest BCUT2D eigenvalue weighted by molar-refractivity contribution is 6.30. The molecule has 1 aromatic rings. The van der Waals surface area contributed by atoms with Crippen molar-refractivity contribution in [2.75, 3.05) is 25.6 Å². The maximum absolute atomic E-state index is 11.7. The molecular weight excluding hydrogens is 286 g/mol. The molecule has 0 radical (unpaired) electrons. The highest BCUT2D eigenvalue weighted by atomic mass is 35.5. The minimum atomic E-state index is -0.619. The second-order valence-electron chi connectivity index (χ2n) is 4.07. The fraction of sp³-hybridized carbons (Fsp3) is 0.417. The van der Waals surface area contributed by atoms with E-state index in [1.54, 1.807) is 6.92 Å². The number of amides is 1. The van der Waals surface area contributed by atoms with E-state index < -0.39 is 11.0 Å². The average molecular weight is 302 g/mol. The molecule has 1 aromatic carbocycles. The SMILES string of the molecule is COCCNC(=O)C(C)Nc1ccc(Cl)cc1[N+](=O)[O-]. The van der Waals surface area contributed by atoms with Gasteiger partial charge in [0.25, 0.3) is 5.69 Å². The number of nitrogens with one attached hydrogen (secondary N) is 2. The van der Waals surface area contributed by atoms with E-state index in [9.17, 15) is 14.9 Å². The van der Waals surface area contributed by atoms with Crippen LogP contribution in [0.3, 0.4) is 0 Å². The Kier molecular flexibility index (Phi) is 6.20. The van der Waals surface area contributed by atoms with Crippen LogP contribution in [-0.2, 0) is 9.53 Å². The number of halogens is 1. The van der Waals surface area contributed by atoms with Gasteiger partial charge in [-0.15, -0.1) is 0 Å². The summed E-state index contributed by atoms with van der Waals surface area (Å²) in [6, 6.07) is 3.61. The molecule has 0 aliphatic rings. The summed E-state index contributed by atoms with van der Waals surface area (Å²) in [4.78, 5) is 22.1. The first-order chi connectivity index (χ1) is 9.45. The van der Waals surface area contributed by atoms with Gasteiger partial charge in [0.15, 0.2) is 0 Å². The number of hydrogen-bond acceptors (Lipinski definition) is 5. The summed E-state index contributed by atoms with van der Waals surface area (Å²) in [7, 11) is 1.53. The van der Waals surface area contributed by atoms with Crippen molar-refractivity contribution in [2.24, 2.45) is 0 Å². The van der Waals surface area contributed by atoms with Crippen LogP contribution in [0.1, 0.15) is 6.92 Å². The van der Waals surface area contributed by atoms with Crippen LogP contribution in [-0.4, -0.2) is 37.1 Å². The Morgan fingerprint density at radius 2 is 2.25 bits per heavy atom. The Morgan fingerprint density at radius 1 is 1.55 bits per heavy atom. The highest BCUT2D eigenvalue weighted by Gasteiger charge is 2.19. The molecule has 0 aliphatic heterocycles. The van der Waals surface area contributed by atoms with Gasteiger partial charge in [-0.05, 0) is 19.1 Å². The molecule has 1 unspecified atom stereocenters. The molecule has 0 saturated carbocycles. The van der Waals surface area contributed by atoms with Crippen molar-refractivity contribution in [1.29, 1.82) is 0 Å². The number of methoxy groups -OCH3 is 1. The number of nitrogens with zero attached hydrogens (tertiary/aromatic N) is 1. The van der Waals surface area contributed by atoms with Crippen molar-refractivity contribution in [3.05, 3.63) is 33.3 Å². The summed E-state index contributed by atoms with van der Waals surface area (Å²) in [5, 5.41) is 16.6. The number of rotatable bonds is 7. The van der Waals surface area contributed by atoms with E-state index in [0.29, 0.717) is 13.2 Å². The van der Waals surface area contributed by atoms with Gasteiger partial charge >= 0.3 is 0 Å². The lowest BCUT2D eigenvalue weighted by atomic mass is 10.2. The molecule has 2 N–H and O–H groups in total. The van der Waals surface area contributed by atoms with Gasteiger partial charge in [-0.2, -0.15) is 0 Å². The molecule has 0 saturated heterocycles. The van der Waals surface area contributed by atoms with Gasteiger partial charge in [-0.1, -0.05) is 11.6 Å². The maximum atomic E-state index is 11.7. The number of nitro benzene ring substituents is 1. The molecule has 110 valence electrons. The number of hydrogen-bond donors (Lipinski definition) is 2. The minimum Gasteiger partial charge on any atom is -0.383 e. The number of benzene rings is 1. The Labute approximate surface area is 121 Å². The van der Waals surface area contributed by atoms with Crippen molar-refractivity contribution in [1.82, 2.24) is 5.32 Å². The van der Waals surface area contributed by atoms with E-state index in [-0.39, 0.29) is 22.3 Å². The fourth-order valence-electron chi connectivity index (χ4n) is 1.51. The largest absolute Gasteiger partial charge is 0.383 e. The van der Waals surface area contributed by atoms with Crippen LogP contribution in [0, 0.1) is 10.1 Å². The molecule has 0 aliphatic carbocycles. The lowest BCUT2D eigenvalue weighted by molar-refractivity contribution is -0.384. The monoisotopic (exact) mass is 301 g/mol. The summed E-state index contributed by atoms with van der Waals surface area (Å²) >= 11 is 5.72. The number of anilines is 1. The van der Waals surface area contributed by atoms with Crippen molar-refractivity contribution in [3.8, 4) is 0 Å². The third-order valence-electron chi connectivity index (χ3n) is 2.53. The quantitative estimate of drug-likeness (QED) is 0.455. The molecule has 0 aromatic heterocycles. The molecular formula is C12H16ClN3O4. The zero-order chi connectivity index (χ0) is 15.1. The van der Waals surface area contributed by atoms with Crippen LogP contribution in [0.4, 0.5) is 11.4 Å². The summed E-state index contributed by atoms with van der Waals surface area (Å²) in [5.41, 5.74) is 0.0721. The molecule has 20 heavy (non-hydrogen) atoms. The standard InChI is InChI=1S/C12H16ClN3O4/c1-8(12(17)14-5-6-20-2)15-10-4-3-9(13)7-11(10)16(18)19/h3-4,7-8,15H,5-6H2,1-2H3,(H,14,17). The van der Waals surface area contributed by atoms with Gasteiger partial charge in [0, 0.05) is 24.7 Å². The smallest absolute Gasteiger partial charge is 0.293 e. The molecule has 1 rings (SSSR count). The van der Waals surface area contributed by atoms with Gasteiger partial charge in [0.2, 0.25) is 5.91 Å². The highest BCUT2D eigenvalue weighted by Crippen LogP contribution is 2.28. The molecule has 7 nitrogen and oxygen atoms in total.